The first-order chi connectivity index (χ1) is 6.61. The van der Waals surface area contributed by atoms with Gasteiger partial charge in [0.05, 0.1) is 28.3 Å². The van der Waals surface area contributed by atoms with Gasteiger partial charge in [0.15, 0.2) is 0 Å². The van der Waals surface area contributed by atoms with Crippen molar-refractivity contribution in [1.82, 2.24) is 0 Å². The number of nitrogens with zero attached hydrogens (tertiary/aromatic N) is 1. The minimum atomic E-state index is -0.611. The number of nitriles is 1. The van der Waals surface area contributed by atoms with Crippen LogP contribution in [0.5, 0.6) is 0 Å². The first kappa shape index (κ1) is 10.8. The standard InChI is InChI=1S/C9H5Cl2NO2/c1-14-9(13)5-2-3-7(10)8(11)6(5)4-12/h2-3H,1H3. The molecule has 0 aliphatic heterocycles. The van der Waals surface area contributed by atoms with Crippen LogP contribution in [0.3, 0.4) is 0 Å². The van der Waals surface area contributed by atoms with E-state index in [1.807, 2.05) is 0 Å². The highest BCUT2D eigenvalue weighted by molar-refractivity contribution is 6.43. The predicted octanol–water partition coefficient (Wildman–Crippen LogP) is 2.65. The third-order valence-electron chi connectivity index (χ3n) is 1.61. The van der Waals surface area contributed by atoms with Crippen molar-refractivity contribution in [2.45, 2.75) is 0 Å². The first-order valence-electron chi connectivity index (χ1n) is 3.58. The van der Waals surface area contributed by atoms with Gasteiger partial charge >= 0.3 is 5.97 Å². The quantitative estimate of drug-likeness (QED) is 0.696. The number of hydrogen-bond donors (Lipinski definition) is 0. The zero-order valence-electron chi connectivity index (χ0n) is 7.17. The van der Waals surface area contributed by atoms with Gasteiger partial charge in [0.1, 0.15) is 6.07 Å². The van der Waals surface area contributed by atoms with Crippen LogP contribution in [0.4, 0.5) is 0 Å². The van der Waals surface area contributed by atoms with Gasteiger partial charge in [-0.15, -0.1) is 0 Å². The number of methoxy groups -OCH3 is 1. The number of benzene rings is 1. The second-order valence-electron chi connectivity index (χ2n) is 2.39. The molecule has 0 atom stereocenters. The van der Waals surface area contributed by atoms with E-state index in [-0.39, 0.29) is 21.2 Å². The Morgan fingerprint density at radius 1 is 1.50 bits per heavy atom. The normalized spacial score (nSPS) is 9.29. The van der Waals surface area contributed by atoms with Gasteiger partial charge in [-0.1, -0.05) is 23.2 Å². The number of carbonyl (C=O) groups is 1. The first-order valence-corrected chi connectivity index (χ1v) is 4.33. The molecule has 0 N–H and O–H groups in total. The summed E-state index contributed by atoms with van der Waals surface area (Å²) in [5, 5.41) is 9.07. The fourth-order valence-electron chi connectivity index (χ4n) is 0.940. The average molecular weight is 230 g/mol. The minimum Gasteiger partial charge on any atom is -0.465 e. The van der Waals surface area contributed by atoms with Crippen LogP contribution in [0.2, 0.25) is 10.0 Å². The molecule has 0 aromatic heterocycles. The van der Waals surface area contributed by atoms with Gasteiger partial charge in [0.25, 0.3) is 0 Å². The van der Waals surface area contributed by atoms with E-state index in [0.717, 1.165) is 0 Å². The molecule has 0 unspecified atom stereocenters. The lowest BCUT2D eigenvalue weighted by Crippen LogP contribution is -2.04. The van der Waals surface area contributed by atoms with Crippen molar-refractivity contribution in [3.63, 3.8) is 0 Å². The van der Waals surface area contributed by atoms with Crippen LogP contribution in [-0.4, -0.2) is 13.1 Å². The SMILES string of the molecule is COC(=O)c1ccc(Cl)c(Cl)c1C#N. The minimum absolute atomic E-state index is 0.0333. The zero-order chi connectivity index (χ0) is 10.7. The van der Waals surface area contributed by atoms with Crippen LogP contribution < -0.4 is 0 Å². The van der Waals surface area contributed by atoms with Gasteiger partial charge in [0.2, 0.25) is 0 Å². The number of esters is 1. The highest BCUT2D eigenvalue weighted by Gasteiger charge is 2.16. The van der Waals surface area contributed by atoms with Crippen molar-refractivity contribution < 1.29 is 9.53 Å². The Kier molecular flexibility index (Phi) is 3.34. The summed E-state index contributed by atoms with van der Waals surface area (Å²) in [5.74, 6) is -0.611. The summed E-state index contributed by atoms with van der Waals surface area (Å²) in [6.07, 6.45) is 0. The average Bonchev–Trinajstić information content (AvgIpc) is 2.20. The Morgan fingerprint density at radius 2 is 2.14 bits per heavy atom. The van der Waals surface area contributed by atoms with Gasteiger partial charge in [-0.05, 0) is 12.1 Å². The van der Waals surface area contributed by atoms with E-state index < -0.39 is 5.97 Å². The van der Waals surface area contributed by atoms with Crippen molar-refractivity contribution in [2.75, 3.05) is 7.11 Å². The summed E-state index contributed by atoms with van der Waals surface area (Å²) < 4.78 is 4.48. The van der Waals surface area contributed by atoms with Crippen LogP contribution in [0.1, 0.15) is 15.9 Å². The molecule has 0 bridgehead atoms. The molecule has 0 saturated carbocycles. The molecule has 1 aromatic rings. The van der Waals surface area contributed by atoms with E-state index in [1.165, 1.54) is 19.2 Å². The molecule has 0 amide bonds. The van der Waals surface area contributed by atoms with Crippen molar-refractivity contribution >= 4 is 29.2 Å². The topological polar surface area (TPSA) is 50.1 Å². The molecule has 1 aromatic carbocycles. The van der Waals surface area contributed by atoms with Gasteiger partial charge in [0, 0.05) is 0 Å². The summed E-state index contributed by atoms with van der Waals surface area (Å²) in [6.45, 7) is 0. The van der Waals surface area contributed by atoms with E-state index in [0.29, 0.717) is 0 Å². The van der Waals surface area contributed by atoms with Crippen LogP contribution >= 0.6 is 23.2 Å². The van der Waals surface area contributed by atoms with Gasteiger partial charge in [-0.3, -0.25) is 0 Å². The second kappa shape index (κ2) is 4.32. The van der Waals surface area contributed by atoms with Crippen LogP contribution in [-0.2, 0) is 4.74 Å². The maximum atomic E-state index is 11.2. The highest BCUT2D eigenvalue weighted by atomic mass is 35.5. The molecule has 0 fully saturated rings. The van der Waals surface area contributed by atoms with Crippen LogP contribution in [0, 0.1) is 11.3 Å². The molecule has 1 rings (SSSR count). The number of hydrogen-bond acceptors (Lipinski definition) is 3. The van der Waals surface area contributed by atoms with E-state index >= 15 is 0 Å². The molecule has 5 heteroatoms. The van der Waals surface area contributed by atoms with E-state index in [1.54, 1.807) is 6.07 Å². The number of rotatable bonds is 1. The number of carbonyl (C=O) groups excluding carboxylic acids is 1. The molecule has 14 heavy (non-hydrogen) atoms. The maximum absolute atomic E-state index is 11.2. The summed E-state index contributed by atoms with van der Waals surface area (Å²) in [7, 11) is 1.23. The molecule has 0 aliphatic carbocycles. The second-order valence-corrected chi connectivity index (χ2v) is 3.17. The molecule has 0 radical (unpaired) electrons. The van der Waals surface area contributed by atoms with E-state index in [9.17, 15) is 4.79 Å². The lowest BCUT2D eigenvalue weighted by molar-refractivity contribution is 0.0600. The fourth-order valence-corrected chi connectivity index (χ4v) is 1.30. The molecular weight excluding hydrogens is 225 g/mol. The summed E-state index contributed by atoms with van der Waals surface area (Å²) >= 11 is 11.4. The Labute approximate surface area is 90.8 Å². The van der Waals surface area contributed by atoms with Gasteiger partial charge in [-0.25, -0.2) is 4.79 Å². The Morgan fingerprint density at radius 3 is 2.64 bits per heavy atom. The molecule has 0 heterocycles. The number of halogens is 2. The van der Waals surface area contributed by atoms with Crippen LogP contribution in [0.15, 0.2) is 12.1 Å². The summed E-state index contributed by atoms with van der Waals surface area (Å²) in [6, 6.07) is 4.65. The third-order valence-corrected chi connectivity index (χ3v) is 2.42. The van der Waals surface area contributed by atoms with Crippen molar-refractivity contribution in [1.29, 1.82) is 5.26 Å². The Bertz CT molecular complexity index is 424. The van der Waals surface area contributed by atoms with Gasteiger partial charge in [-0.2, -0.15) is 5.26 Å². The third kappa shape index (κ3) is 1.82. The molecular formula is C9H5Cl2NO2. The summed E-state index contributed by atoms with van der Waals surface area (Å²) in [4.78, 5) is 11.2. The summed E-state index contributed by atoms with van der Waals surface area (Å²) in [5.41, 5.74) is 0.149. The van der Waals surface area contributed by atoms with Crippen molar-refractivity contribution in [2.24, 2.45) is 0 Å². The monoisotopic (exact) mass is 229 g/mol. The highest BCUT2D eigenvalue weighted by Crippen LogP contribution is 2.28. The van der Waals surface area contributed by atoms with Crippen molar-refractivity contribution in [3.8, 4) is 6.07 Å². The molecule has 0 spiro atoms. The number of ether oxygens (including phenoxy) is 1. The molecule has 0 aliphatic rings. The smallest absolute Gasteiger partial charge is 0.339 e. The zero-order valence-corrected chi connectivity index (χ0v) is 8.69. The van der Waals surface area contributed by atoms with Crippen molar-refractivity contribution in [3.05, 3.63) is 33.3 Å². The molecule has 72 valence electrons. The predicted molar refractivity (Wildman–Crippen MR) is 52.5 cm³/mol. The molecule has 3 nitrogen and oxygen atoms in total. The van der Waals surface area contributed by atoms with Gasteiger partial charge < -0.3 is 4.74 Å². The van der Waals surface area contributed by atoms with E-state index in [4.69, 9.17) is 28.5 Å². The van der Waals surface area contributed by atoms with Crippen LogP contribution in [0.25, 0.3) is 0 Å². The Balaban J connectivity index is 3.40. The fraction of sp³-hybridized carbons (Fsp3) is 0.111. The lowest BCUT2D eigenvalue weighted by atomic mass is 10.1. The Hall–Kier alpha value is -1.24. The lowest BCUT2D eigenvalue weighted by Gasteiger charge is -2.04. The molecule has 0 saturated heterocycles. The maximum Gasteiger partial charge on any atom is 0.339 e. The van der Waals surface area contributed by atoms with E-state index in [2.05, 4.69) is 4.74 Å². The largest absolute Gasteiger partial charge is 0.465 e.